The van der Waals surface area contributed by atoms with Crippen LogP contribution in [0.1, 0.15) is 23.1 Å². The largest absolute Gasteiger partial charge is 0.272 e. The lowest BCUT2D eigenvalue weighted by atomic mass is 10.1. The number of nitrogens with one attached hydrogen (secondary N) is 1. The molecule has 1 fully saturated rings. The first kappa shape index (κ1) is 13.2. The molecule has 92 valence electrons. The predicted octanol–water partition coefficient (Wildman–Crippen LogP) is 3.40. The Morgan fingerprint density at radius 2 is 2.24 bits per heavy atom. The topological polar surface area (TPSA) is 41.5 Å². The van der Waals surface area contributed by atoms with Gasteiger partial charge in [0.15, 0.2) is 0 Å². The first-order chi connectivity index (χ1) is 7.85. The van der Waals surface area contributed by atoms with Crippen LogP contribution in [-0.2, 0) is 4.79 Å². The van der Waals surface area contributed by atoms with E-state index in [-0.39, 0.29) is 9.14 Å². The van der Waals surface area contributed by atoms with Gasteiger partial charge in [-0.05, 0) is 32.4 Å². The summed E-state index contributed by atoms with van der Waals surface area (Å²) in [6, 6.07) is 4.01. The molecule has 1 saturated carbocycles. The highest BCUT2D eigenvalue weighted by Gasteiger charge is 2.66. The maximum Gasteiger partial charge on any atom is 0.248 e. The van der Waals surface area contributed by atoms with Crippen LogP contribution in [-0.4, -0.2) is 15.4 Å². The number of aryl methyl sites for hydroxylation is 1. The van der Waals surface area contributed by atoms with Crippen molar-refractivity contribution in [1.29, 1.82) is 0 Å². The minimum Gasteiger partial charge on any atom is -0.272 e. The van der Waals surface area contributed by atoms with Gasteiger partial charge in [0.25, 0.3) is 0 Å². The Kier molecular flexibility index (Phi) is 3.49. The SMILES string of the molecule is Cc1ccc(C=NNC(=O)[C@]2(C)CC2(Br)Br)s1. The van der Waals surface area contributed by atoms with Crippen LogP contribution in [0, 0.1) is 12.3 Å². The summed E-state index contributed by atoms with van der Waals surface area (Å²) in [6.07, 6.45) is 2.44. The molecule has 17 heavy (non-hydrogen) atoms. The number of carbonyl (C=O) groups excluding carboxylic acids is 1. The summed E-state index contributed by atoms with van der Waals surface area (Å²) in [5, 5.41) is 3.97. The van der Waals surface area contributed by atoms with E-state index in [0.717, 1.165) is 11.3 Å². The van der Waals surface area contributed by atoms with Crippen LogP contribution in [0.4, 0.5) is 0 Å². The highest BCUT2D eigenvalue weighted by molar-refractivity contribution is 9.25. The second-order valence-corrected chi connectivity index (χ2v) is 9.45. The van der Waals surface area contributed by atoms with Gasteiger partial charge in [-0.25, -0.2) is 5.43 Å². The van der Waals surface area contributed by atoms with Crippen LogP contribution >= 0.6 is 43.2 Å². The molecule has 0 aromatic carbocycles. The molecule has 1 aromatic rings. The number of hydrogen-bond donors (Lipinski definition) is 1. The third-order valence-electron chi connectivity index (χ3n) is 2.88. The van der Waals surface area contributed by atoms with Gasteiger partial charge < -0.3 is 0 Å². The third-order valence-corrected chi connectivity index (χ3v) is 6.12. The van der Waals surface area contributed by atoms with Gasteiger partial charge in [0.2, 0.25) is 5.91 Å². The molecule has 1 aliphatic rings. The molecule has 1 aromatic heterocycles. The second kappa shape index (κ2) is 4.48. The second-order valence-electron chi connectivity index (χ2n) is 4.36. The summed E-state index contributed by atoms with van der Waals surface area (Å²) in [7, 11) is 0. The van der Waals surface area contributed by atoms with E-state index in [0.29, 0.717) is 0 Å². The summed E-state index contributed by atoms with van der Waals surface area (Å²) in [4.78, 5) is 14.1. The number of carbonyl (C=O) groups is 1. The molecular weight excluding hydrogens is 368 g/mol. The van der Waals surface area contributed by atoms with E-state index < -0.39 is 5.41 Å². The van der Waals surface area contributed by atoms with Gasteiger partial charge in [-0.2, -0.15) is 5.10 Å². The number of amides is 1. The van der Waals surface area contributed by atoms with Crippen molar-refractivity contribution in [1.82, 2.24) is 5.43 Å². The Bertz CT molecular complexity index is 484. The van der Waals surface area contributed by atoms with Gasteiger partial charge in [-0.15, -0.1) is 11.3 Å². The van der Waals surface area contributed by atoms with E-state index >= 15 is 0 Å². The molecule has 3 nitrogen and oxygen atoms in total. The molecule has 2 rings (SSSR count). The highest BCUT2D eigenvalue weighted by atomic mass is 79.9. The minimum absolute atomic E-state index is 0.0734. The van der Waals surface area contributed by atoms with Crippen LogP contribution < -0.4 is 5.43 Å². The quantitative estimate of drug-likeness (QED) is 0.488. The van der Waals surface area contributed by atoms with Crippen LogP contribution in [0.15, 0.2) is 17.2 Å². The minimum atomic E-state index is -0.421. The maximum atomic E-state index is 11.9. The van der Waals surface area contributed by atoms with E-state index in [1.807, 2.05) is 26.0 Å². The molecule has 1 heterocycles. The Morgan fingerprint density at radius 3 is 2.71 bits per heavy atom. The molecule has 1 N–H and O–H groups in total. The highest BCUT2D eigenvalue weighted by Crippen LogP contribution is 2.66. The summed E-state index contributed by atoms with van der Waals surface area (Å²) >= 11 is 8.55. The van der Waals surface area contributed by atoms with E-state index in [1.54, 1.807) is 17.6 Å². The van der Waals surface area contributed by atoms with Gasteiger partial charge in [-0.1, -0.05) is 31.9 Å². The number of hydrazone groups is 1. The lowest BCUT2D eigenvalue weighted by Crippen LogP contribution is -2.29. The number of alkyl halides is 2. The van der Waals surface area contributed by atoms with Crippen LogP contribution in [0.3, 0.4) is 0 Å². The van der Waals surface area contributed by atoms with Crippen LogP contribution in [0.5, 0.6) is 0 Å². The van der Waals surface area contributed by atoms with Gasteiger partial charge >= 0.3 is 0 Å². The summed E-state index contributed by atoms with van der Waals surface area (Å²) < 4.78 is -0.272. The van der Waals surface area contributed by atoms with Crippen LogP contribution in [0.2, 0.25) is 0 Å². The summed E-state index contributed by atoms with van der Waals surface area (Å²) in [5.41, 5.74) is 2.15. The Labute approximate surface area is 121 Å². The first-order valence-corrected chi connectivity index (χ1v) is 7.53. The number of nitrogens with zero attached hydrogens (tertiary/aromatic N) is 1. The van der Waals surface area contributed by atoms with E-state index in [2.05, 4.69) is 42.4 Å². The maximum absolute atomic E-state index is 11.9. The van der Waals surface area contributed by atoms with Gasteiger partial charge in [0.1, 0.15) is 0 Å². The summed E-state index contributed by atoms with van der Waals surface area (Å²) in [5.74, 6) is -0.0734. The first-order valence-electron chi connectivity index (χ1n) is 5.13. The molecule has 0 radical (unpaired) electrons. The molecule has 0 spiro atoms. The third kappa shape index (κ3) is 2.63. The molecule has 0 bridgehead atoms. The Morgan fingerprint density at radius 1 is 1.59 bits per heavy atom. The number of rotatable bonds is 3. The van der Waals surface area contributed by atoms with E-state index in [9.17, 15) is 4.79 Å². The normalized spacial score (nSPS) is 26.1. The fourth-order valence-corrected chi connectivity index (χ4v) is 3.68. The van der Waals surface area contributed by atoms with Crippen molar-refractivity contribution in [2.45, 2.75) is 23.5 Å². The summed E-state index contributed by atoms with van der Waals surface area (Å²) in [6.45, 7) is 3.94. The monoisotopic (exact) mass is 378 g/mol. The fraction of sp³-hybridized carbons (Fsp3) is 0.455. The molecule has 1 atom stereocenters. The smallest absolute Gasteiger partial charge is 0.248 e. The van der Waals surface area contributed by atoms with E-state index in [4.69, 9.17) is 0 Å². The molecular formula is C11H12Br2N2OS. The van der Waals surface area contributed by atoms with Crippen LogP contribution in [0.25, 0.3) is 0 Å². The van der Waals surface area contributed by atoms with Gasteiger partial charge in [-0.3, -0.25) is 4.79 Å². The molecule has 1 amide bonds. The fourth-order valence-electron chi connectivity index (χ4n) is 1.45. The average molecular weight is 380 g/mol. The number of thiophene rings is 1. The molecule has 0 aliphatic heterocycles. The molecule has 0 saturated heterocycles. The standard InChI is InChI=1S/C11H12Br2N2OS/c1-7-3-4-8(17-7)5-14-15-9(16)10(2)6-11(10,12)13/h3-5H,6H2,1-2H3,(H,15,16)/t10-/m0/s1. The Hall–Kier alpha value is -0.200. The average Bonchev–Trinajstić information content (AvgIpc) is 2.58. The van der Waals surface area contributed by atoms with Crippen molar-refractivity contribution >= 4 is 55.3 Å². The zero-order chi connectivity index (χ0) is 12.7. The molecule has 1 aliphatic carbocycles. The molecule has 0 unspecified atom stereocenters. The van der Waals surface area contributed by atoms with Crippen molar-refractivity contribution in [3.05, 3.63) is 21.9 Å². The van der Waals surface area contributed by atoms with Gasteiger partial charge in [0, 0.05) is 9.75 Å². The zero-order valence-corrected chi connectivity index (χ0v) is 13.4. The zero-order valence-electron chi connectivity index (χ0n) is 9.46. The van der Waals surface area contributed by atoms with Gasteiger partial charge in [0.05, 0.1) is 14.9 Å². The lowest BCUT2D eigenvalue weighted by Gasteiger charge is -2.09. The van der Waals surface area contributed by atoms with Crippen molar-refractivity contribution in [2.24, 2.45) is 10.5 Å². The Balaban J connectivity index is 1.91. The van der Waals surface area contributed by atoms with E-state index in [1.165, 1.54) is 4.88 Å². The van der Waals surface area contributed by atoms with Crippen molar-refractivity contribution in [3.8, 4) is 0 Å². The predicted molar refractivity (Wildman–Crippen MR) is 78.1 cm³/mol. The van der Waals surface area contributed by atoms with Crippen molar-refractivity contribution in [2.75, 3.05) is 0 Å². The molecule has 6 heteroatoms. The lowest BCUT2D eigenvalue weighted by molar-refractivity contribution is -0.125. The van der Waals surface area contributed by atoms with Crippen molar-refractivity contribution < 1.29 is 4.79 Å². The van der Waals surface area contributed by atoms with Crippen molar-refractivity contribution in [3.63, 3.8) is 0 Å². The number of hydrogen-bond acceptors (Lipinski definition) is 3. The number of halogens is 2.